The summed E-state index contributed by atoms with van der Waals surface area (Å²) in [4.78, 5) is 0. The Labute approximate surface area is 197 Å². The van der Waals surface area contributed by atoms with Gasteiger partial charge >= 0.3 is 0 Å². The third-order valence-corrected chi connectivity index (χ3v) is 5.22. The first-order valence-electron chi connectivity index (χ1n) is 11.3. The van der Waals surface area contributed by atoms with Crippen molar-refractivity contribution >= 4 is 0 Å². The van der Waals surface area contributed by atoms with Crippen LogP contribution in [-0.4, -0.2) is 44.6 Å². The highest BCUT2D eigenvalue weighted by Gasteiger charge is 2.20. The Morgan fingerprint density at radius 3 is 1.88 bits per heavy atom. The van der Waals surface area contributed by atoms with Crippen molar-refractivity contribution in [2.75, 3.05) is 13.1 Å². The molecule has 0 aromatic heterocycles. The Hall–Kier alpha value is -2.16. The number of ether oxygens (including phenoxy) is 1. The summed E-state index contributed by atoms with van der Waals surface area (Å²) in [5, 5.41) is 47.1. The van der Waals surface area contributed by atoms with E-state index in [4.69, 9.17) is 4.74 Å². The molecule has 0 heterocycles. The maximum Gasteiger partial charge on any atom is 0.121 e. The number of β-amino-alcohol motifs (C(OH)–C–C–N with tert-alkyl or cyclic N) is 1. The topological polar surface area (TPSA) is 114 Å². The van der Waals surface area contributed by atoms with Gasteiger partial charge in [-0.2, -0.15) is 0 Å². The Balaban J connectivity index is 2.20. The third-order valence-electron chi connectivity index (χ3n) is 5.22. The molecule has 6 N–H and O–H groups in total. The number of aliphatic hydroxyl groups is 2. The standard InChI is InChI=1S/C26H40N2O5/c1-25(2,3)27-13-23(32)17-7-9-22(31)20(11-17)16-33-24(14-28-26(4,5)6)18-8-10-21(30)19(12-18)15-29/h7-12,23-24,27-32H,13-16H2,1-6H3/t23-,24?/m1/s1. The minimum Gasteiger partial charge on any atom is -0.508 e. The first kappa shape index (κ1) is 27.1. The molecule has 2 atom stereocenters. The van der Waals surface area contributed by atoms with Gasteiger partial charge in [0.15, 0.2) is 0 Å². The highest BCUT2D eigenvalue weighted by molar-refractivity contribution is 5.38. The van der Waals surface area contributed by atoms with Crippen molar-refractivity contribution in [2.45, 2.75) is 78.0 Å². The van der Waals surface area contributed by atoms with Gasteiger partial charge in [0.1, 0.15) is 11.5 Å². The fraction of sp³-hybridized carbons (Fsp3) is 0.538. The van der Waals surface area contributed by atoms with Crippen LogP contribution in [0.4, 0.5) is 0 Å². The van der Waals surface area contributed by atoms with Crippen LogP contribution in [0.25, 0.3) is 0 Å². The predicted molar refractivity (Wildman–Crippen MR) is 130 cm³/mol. The first-order chi connectivity index (χ1) is 15.3. The molecule has 33 heavy (non-hydrogen) atoms. The average Bonchev–Trinajstić information content (AvgIpc) is 2.72. The summed E-state index contributed by atoms with van der Waals surface area (Å²) >= 11 is 0. The van der Waals surface area contributed by atoms with Crippen LogP contribution >= 0.6 is 0 Å². The van der Waals surface area contributed by atoms with Crippen LogP contribution in [0.3, 0.4) is 0 Å². The van der Waals surface area contributed by atoms with Crippen LogP contribution in [0, 0.1) is 0 Å². The zero-order valence-electron chi connectivity index (χ0n) is 20.6. The van der Waals surface area contributed by atoms with Gasteiger partial charge in [0.25, 0.3) is 0 Å². The van der Waals surface area contributed by atoms with Crippen LogP contribution in [0.1, 0.15) is 76.0 Å². The summed E-state index contributed by atoms with van der Waals surface area (Å²) in [6.45, 7) is 13.0. The fourth-order valence-corrected chi connectivity index (χ4v) is 3.24. The van der Waals surface area contributed by atoms with E-state index in [1.807, 2.05) is 20.8 Å². The molecule has 0 aliphatic rings. The molecule has 0 saturated carbocycles. The second-order valence-electron chi connectivity index (χ2n) is 10.5. The quantitative estimate of drug-likeness (QED) is 0.321. The SMILES string of the molecule is CC(C)(C)NCC(OCc1cc([C@H](O)CNC(C)(C)C)ccc1O)c1ccc(O)c(CO)c1. The van der Waals surface area contributed by atoms with Crippen LogP contribution in [0.5, 0.6) is 11.5 Å². The van der Waals surface area contributed by atoms with Gasteiger partial charge < -0.3 is 35.8 Å². The number of hydrogen-bond donors (Lipinski definition) is 6. The summed E-state index contributed by atoms with van der Waals surface area (Å²) in [6.07, 6.45) is -1.10. The van der Waals surface area contributed by atoms with E-state index in [9.17, 15) is 20.4 Å². The molecule has 0 saturated heterocycles. The smallest absolute Gasteiger partial charge is 0.121 e. The van der Waals surface area contributed by atoms with E-state index in [1.165, 1.54) is 0 Å². The third kappa shape index (κ3) is 8.95. The van der Waals surface area contributed by atoms with Gasteiger partial charge in [0.05, 0.1) is 25.4 Å². The van der Waals surface area contributed by atoms with Crippen molar-refractivity contribution in [1.82, 2.24) is 10.6 Å². The van der Waals surface area contributed by atoms with Crippen molar-refractivity contribution in [2.24, 2.45) is 0 Å². The molecule has 1 unspecified atom stereocenters. The lowest BCUT2D eigenvalue weighted by Gasteiger charge is -2.26. The lowest BCUT2D eigenvalue weighted by molar-refractivity contribution is 0.0346. The lowest BCUT2D eigenvalue weighted by atomic mass is 10.0. The summed E-state index contributed by atoms with van der Waals surface area (Å²) < 4.78 is 6.20. The summed E-state index contributed by atoms with van der Waals surface area (Å²) in [6, 6.07) is 10.1. The van der Waals surface area contributed by atoms with Crippen LogP contribution in [0.2, 0.25) is 0 Å². The van der Waals surface area contributed by atoms with Gasteiger partial charge in [-0.3, -0.25) is 0 Å². The fourth-order valence-electron chi connectivity index (χ4n) is 3.24. The zero-order chi connectivity index (χ0) is 24.8. The van der Waals surface area contributed by atoms with Gasteiger partial charge in [-0.15, -0.1) is 0 Å². The van der Waals surface area contributed by atoms with Gasteiger partial charge in [-0.05, 0) is 76.9 Å². The van der Waals surface area contributed by atoms with Crippen LogP contribution < -0.4 is 10.6 Å². The van der Waals surface area contributed by atoms with E-state index in [1.54, 1.807) is 36.4 Å². The first-order valence-corrected chi connectivity index (χ1v) is 11.3. The zero-order valence-corrected chi connectivity index (χ0v) is 20.6. The van der Waals surface area contributed by atoms with Gasteiger partial charge in [0, 0.05) is 35.3 Å². The molecular weight excluding hydrogens is 420 g/mol. The minimum absolute atomic E-state index is 0.0342. The number of aliphatic hydroxyl groups excluding tert-OH is 2. The molecule has 0 bridgehead atoms. The number of hydrogen-bond acceptors (Lipinski definition) is 7. The molecule has 7 nitrogen and oxygen atoms in total. The van der Waals surface area contributed by atoms with Crippen molar-refractivity contribution in [3.8, 4) is 11.5 Å². The normalized spacial score (nSPS) is 14.3. The van der Waals surface area contributed by atoms with E-state index in [2.05, 4.69) is 31.4 Å². The van der Waals surface area contributed by atoms with E-state index < -0.39 is 6.10 Å². The van der Waals surface area contributed by atoms with Gasteiger partial charge in [0.2, 0.25) is 0 Å². The van der Waals surface area contributed by atoms with Gasteiger partial charge in [-0.1, -0.05) is 12.1 Å². The van der Waals surface area contributed by atoms with E-state index >= 15 is 0 Å². The Morgan fingerprint density at radius 2 is 1.30 bits per heavy atom. The van der Waals surface area contributed by atoms with Crippen molar-refractivity contribution in [1.29, 1.82) is 0 Å². The number of aromatic hydroxyl groups is 2. The van der Waals surface area contributed by atoms with Crippen molar-refractivity contribution in [3.63, 3.8) is 0 Å². The molecule has 2 aromatic rings. The van der Waals surface area contributed by atoms with Crippen molar-refractivity contribution < 1.29 is 25.2 Å². The summed E-state index contributed by atoms with van der Waals surface area (Å²) in [5.41, 5.74) is 2.25. The molecule has 0 amide bonds. The molecule has 0 aliphatic carbocycles. The molecule has 0 radical (unpaired) electrons. The Kier molecular flexibility index (Phi) is 9.29. The monoisotopic (exact) mass is 460 g/mol. The maximum atomic E-state index is 10.6. The molecule has 7 heteroatoms. The van der Waals surface area contributed by atoms with Gasteiger partial charge in [-0.25, -0.2) is 0 Å². The van der Waals surface area contributed by atoms with E-state index in [-0.39, 0.29) is 41.9 Å². The maximum absolute atomic E-state index is 10.6. The molecular formula is C26H40N2O5. The van der Waals surface area contributed by atoms with E-state index in [0.717, 1.165) is 5.56 Å². The largest absolute Gasteiger partial charge is 0.508 e. The Bertz CT molecular complexity index is 903. The predicted octanol–water partition coefficient (Wildman–Crippen LogP) is 3.66. The van der Waals surface area contributed by atoms with Crippen molar-refractivity contribution in [3.05, 3.63) is 58.7 Å². The number of benzene rings is 2. The minimum atomic E-state index is -0.717. The molecule has 2 rings (SSSR count). The highest BCUT2D eigenvalue weighted by Crippen LogP contribution is 2.28. The second-order valence-corrected chi connectivity index (χ2v) is 10.5. The number of rotatable bonds is 10. The average molecular weight is 461 g/mol. The number of phenols is 2. The highest BCUT2D eigenvalue weighted by atomic mass is 16.5. The molecule has 184 valence electrons. The molecule has 0 fully saturated rings. The number of nitrogens with one attached hydrogen (secondary N) is 2. The molecule has 0 aliphatic heterocycles. The summed E-state index contributed by atoms with van der Waals surface area (Å²) in [7, 11) is 0. The summed E-state index contributed by atoms with van der Waals surface area (Å²) in [5.74, 6) is 0.131. The van der Waals surface area contributed by atoms with Crippen LogP contribution in [-0.2, 0) is 18.0 Å². The van der Waals surface area contributed by atoms with Crippen LogP contribution in [0.15, 0.2) is 36.4 Å². The lowest BCUT2D eigenvalue weighted by Crippen LogP contribution is -2.39. The molecule has 2 aromatic carbocycles. The Morgan fingerprint density at radius 1 is 0.788 bits per heavy atom. The number of phenolic OH excluding ortho intramolecular Hbond substituents is 1. The van der Waals surface area contributed by atoms with E-state index in [0.29, 0.717) is 29.8 Å². The second kappa shape index (κ2) is 11.3. The molecule has 0 spiro atoms.